The van der Waals surface area contributed by atoms with Crippen LogP contribution in [0.15, 0.2) is 0 Å². The monoisotopic (exact) mass is 163 g/mol. The molecule has 0 spiro atoms. The van der Waals surface area contributed by atoms with E-state index in [1.54, 1.807) is 0 Å². The van der Waals surface area contributed by atoms with Crippen molar-refractivity contribution in [2.75, 3.05) is 0 Å². The van der Waals surface area contributed by atoms with Gasteiger partial charge in [0.15, 0.2) is 0 Å². The zero-order valence-corrected chi connectivity index (χ0v) is 6.04. The van der Waals surface area contributed by atoms with Crippen LogP contribution in [0.2, 0.25) is 0 Å². The van der Waals surface area contributed by atoms with Crippen molar-refractivity contribution in [2.45, 2.75) is 37.6 Å². The van der Waals surface area contributed by atoms with Crippen LogP contribution >= 0.6 is 0 Å². The Morgan fingerprint density at radius 1 is 1.09 bits per heavy atom. The molecular weight excluding hydrogens is 152 g/mol. The molecule has 1 rings (SSSR count). The van der Waals surface area contributed by atoms with Gasteiger partial charge >= 0.3 is 0 Å². The van der Waals surface area contributed by atoms with Crippen LogP contribution in [0.3, 0.4) is 0 Å². The number of hydrogen-bond acceptors (Lipinski definition) is 5. The maximum Gasteiger partial charge on any atom is 0.109 e. The summed E-state index contributed by atoms with van der Waals surface area (Å²) in [6, 6.07) is 0. The number of ether oxygens (including phenoxy) is 1. The normalized spacial score (nSPS) is 52.6. The van der Waals surface area contributed by atoms with Crippen molar-refractivity contribution < 1.29 is 25.2 Å². The Bertz CT molecular complexity index is 125. The minimum absolute atomic E-state index is 0.726. The minimum atomic E-state index is -1.66. The lowest BCUT2D eigenvalue weighted by molar-refractivity contribution is -0.531. The van der Waals surface area contributed by atoms with Gasteiger partial charge in [0, 0.05) is 6.29 Å². The quantitative estimate of drug-likeness (QED) is 0.358. The summed E-state index contributed by atoms with van der Waals surface area (Å²) < 4.78 is 4.57. The number of rotatable bonds is 0. The standard InChI is InChI=1S/C6H11O5/c1-2-3(7)4(8)5(9)6(10)11-2/h2-9H,1H3/q-1/t2-,3+,4+,5-,6+/m0/s1. The van der Waals surface area contributed by atoms with Gasteiger partial charge < -0.3 is 25.2 Å². The first-order chi connectivity index (χ1) is 5.04. The van der Waals surface area contributed by atoms with Gasteiger partial charge in [-0.15, -0.1) is 0 Å². The van der Waals surface area contributed by atoms with Crippen LogP contribution < -0.4 is 5.11 Å². The van der Waals surface area contributed by atoms with Gasteiger partial charge in [-0.1, -0.05) is 0 Å². The average molecular weight is 163 g/mol. The van der Waals surface area contributed by atoms with Gasteiger partial charge in [-0.25, -0.2) is 0 Å². The first-order valence-electron chi connectivity index (χ1n) is 3.39. The SMILES string of the molecule is C[C@@H]1O[C@@H]([O-])[C@@H](O)[C@H](O)[C@@H]1O. The Balaban J connectivity index is 2.63. The molecule has 0 radical (unpaired) electrons. The maximum atomic E-state index is 10.7. The van der Waals surface area contributed by atoms with Gasteiger partial charge in [0.1, 0.15) is 12.2 Å². The van der Waals surface area contributed by atoms with Gasteiger partial charge in [-0.05, 0) is 6.92 Å². The highest BCUT2D eigenvalue weighted by atomic mass is 16.6. The largest absolute Gasteiger partial charge is 0.829 e. The molecule has 5 atom stereocenters. The van der Waals surface area contributed by atoms with Crippen LogP contribution in [-0.4, -0.2) is 46.0 Å². The van der Waals surface area contributed by atoms with E-state index >= 15 is 0 Å². The molecule has 1 fully saturated rings. The van der Waals surface area contributed by atoms with Gasteiger partial charge in [-0.2, -0.15) is 0 Å². The van der Waals surface area contributed by atoms with Crippen LogP contribution in [-0.2, 0) is 4.74 Å². The van der Waals surface area contributed by atoms with E-state index in [9.17, 15) is 5.11 Å². The molecule has 5 heteroatoms. The van der Waals surface area contributed by atoms with Crippen LogP contribution in [0, 0.1) is 0 Å². The molecule has 0 aromatic carbocycles. The van der Waals surface area contributed by atoms with Crippen LogP contribution in [0.5, 0.6) is 0 Å². The van der Waals surface area contributed by atoms with E-state index in [2.05, 4.69) is 4.74 Å². The molecule has 0 unspecified atom stereocenters. The topological polar surface area (TPSA) is 93.0 Å². The van der Waals surface area contributed by atoms with Crippen molar-refractivity contribution in [3.8, 4) is 0 Å². The van der Waals surface area contributed by atoms with E-state index < -0.39 is 30.7 Å². The first-order valence-corrected chi connectivity index (χ1v) is 3.39. The number of aliphatic hydroxyl groups is 3. The molecule has 0 saturated carbocycles. The molecule has 1 saturated heterocycles. The number of hydrogen-bond donors (Lipinski definition) is 3. The maximum absolute atomic E-state index is 10.7. The summed E-state index contributed by atoms with van der Waals surface area (Å²) in [6.07, 6.45) is -6.52. The van der Waals surface area contributed by atoms with Crippen LogP contribution in [0.4, 0.5) is 0 Å². The molecule has 0 aromatic rings. The smallest absolute Gasteiger partial charge is 0.109 e. The van der Waals surface area contributed by atoms with E-state index in [-0.39, 0.29) is 0 Å². The summed E-state index contributed by atoms with van der Waals surface area (Å²) in [7, 11) is 0. The summed E-state index contributed by atoms with van der Waals surface area (Å²) in [6.45, 7) is 1.46. The van der Waals surface area contributed by atoms with E-state index in [1.807, 2.05) is 0 Å². The second-order valence-electron chi connectivity index (χ2n) is 2.68. The zero-order valence-electron chi connectivity index (χ0n) is 6.04. The molecule has 1 aliphatic heterocycles. The third-order valence-electron chi connectivity index (χ3n) is 1.81. The molecule has 1 heterocycles. The fraction of sp³-hybridized carbons (Fsp3) is 1.00. The van der Waals surface area contributed by atoms with Crippen molar-refractivity contribution in [3.05, 3.63) is 0 Å². The third-order valence-corrected chi connectivity index (χ3v) is 1.81. The summed E-state index contributed by atoms with van der Waals surface area (Å²) in [5.41, 5.74) is 0. The highest BCUT2D eigenvalue weighted by Crippen LogP contribution is 2.17. The molecule has 5 nitrogen and oxygen atoms in total. The summed E-state index contributed by atoms with van der Waals surface area (Å²) in [5.74, 6) is 0. The predicted molar refractivity (Wildman–Crippen MR) is 32.4 cm³/mol. The zero-order chi connectivity index (χ0) is 8.59. The fourth-order valence-corrected chi connectivity index (χ4v) is 1.01. The van der Waals surface area contributed by atoms with Gasteiger partial charge in [-0.3, -0.25) is 0 Å². The van der Waals surface area contributed by atoms with E-state index in [0.29, 0.717) is 0 Å². The summed E-state index contributed by atoms with van der Waals surface area (Å²) in [4.78, 5) is 0. The van der Waals surface area contributed by atoms with E-state index in [1.165, 1.54) is 6.92 Å². The summed E-state index contributed by atoms with van der Waals surface area (Å²) >= 11 is 0. The lowest BCUT2D eigenvalue weighted by Gasteiger charge is -2.42. The Kier molecular flexibility index (Phi) is 2.46. The Hall–Kier alpha value is -0.200. The molecule has 1 aliphatic rings. The highest BCUT2D eigenvalue weighted by Gasteiger charge is 2.36. The molecule has 0 bridgehead atoms. The minimum Gasteiger partial charge on any atom is -0.829 e. The molecule has 66 valence electrons. The second kappa shape index (κ2) is 3.04. The van der Waals surface area contributed by atoms with Crippen LogP contribution in [0.25, 0.3) is 0 Å². The number of aliphatic hydroxyl groups excluding tert-OH is 3. The van der Waals surface area contributed by atoms with Crippen molar-refractivity contribution in [1.29, 1.82) is 0 Å². The average Bonchev–Trinajstić information content (AvgIpc) is 1.97. The van der Waals surface area contributed by atoms with E-state index in [0.717, 1.165) is 0 Å². The lowest BCUT2D eigenvalue weighted by Crippen LogP contribution is -2.60. The Morgan fingerprint density at radius 2 is 1.64 bits per heavy atom. The summed E-state index contributed by atoms with van der Waals surface area (Å²) in [5, 5.41) is 37.7. The fourth-order valence-electron chi connectivity index (χ4n) is 1.01. The van der Waals surface area contributed by atoms with Gasteiger partial charge in [0.2, 0.25) is 0 Å². The third kappa shape index (κ3) is 1.52. The molecule has 0 aliphatic carbocycles. The first kappa shape index (κ1) is 8.89. The molecular formula is C6H11O5-. The van der Waals surface area contributed by atoms with E-state index in [4.69, 9.17) is 15.3 Å². The molecule has 3 N–H and O–H groups in total. The Labute approximate surface area is 63.8 Å². The van der Waals surface area contributed by atoms with Gasteiger partial charge in [0.25, 0.3) is 0 Å². The molecule has 11 heavy (non-hydrogen) atoms. The highest BCUT2D eigenvalue weighted by molar-refractivity contribution is 4.85. The second-order valence-corrected chi connectivity index (χ2v) is 2.68. The van der Waals surface area contributed by atoms with Crippen molar-refractivity contribution >= 4 is 0 Å². The van der Waals surface area contributed by atoms with Crippen molar-refractivity contribution in [2.24, 2.45) is 0 Å². The Morgan fingerprint density at radius 3 is 2.18 bits per heavy atom. The molecule has 0 aromatic heterocycles. The van der Waals surface area contributed by atoms with Crippen LogP contribution in [0.1, 0.15) is 6.92 Å². The van der Waals surface area contributed by atoms with Crippen molar-refractivity contribution in [1.82, 2.24) is 0 Å². The predicted octanol–water partition coefficient (Wildman–Crippen LogP) is -2.83. The molecule has 0 amide bonds. The van der Waals surface area contributed by atoms with Gasteiger partial charge in [0.05, 0.1) is 12.2 Å². The lowest BCUT2D eigenvalue weighted by atomic mass is 10.0. The van der Waals surface area contributed by atoms with Crippen molar-refractivity contribution in [3.63, 3.8) is 0 Å².